The molecule has 0 saturated carbocycles. The standard InChI is InChI=1S/C13H21N5O/c1-8(2)12-15-11(14)9(3)13(16-12)18-6-5-17(4)10(19)7-18/h8H,5-7H2,1-4H3,(H2,14,15,16). The van der Waals surface area contributed by atoms with Crippen LogP contribution in [-0.2, 0) is 4.79 Å². The lowest BCUT2D eigenvalue weighted by molar-refractivity contribution is -0.129. The molecule has 0 bridgehead atoms. The van der Waals surface area contributed by atoms with Crippen molar-refractivity contribution >= 4 is 17.5 Å². The highest BCUT2D eigenvalue weighted by Gasteiger charge is 2.24. The van der Waals surface area contributed by atoms with Crippen molar-refractivity contribution in [3.63, 3.8) is 0 Å². The second-order valence-electron chi connectivity index (χ2n) is 5.31. The molecule has 1 aliphatic heterocycles. The maximum Gasteiger partial charge on any atom is 0.241 e. The summed E-state index contributed by atoms with van der Waals surface area (Å²) < 4.78 is 0. The van der Waals surface area contributed by atoms with Crippen LogP contribution in [0.2, 0.25) is 0 Å². The smallest absolute Gasteiger partial charge is 0.241 e. The van der Waals surface area contributed by atoms with E-state index in [0.29, 0.717) is 18.9 Å². The van der Waals surface area contributed by atoms with E-state index in [9.17, 15) is 4.79 Å². The summed E-state index contributed by atoms with van der Waals surface area (Å²) in [7, 11) is 1.82. The first-order chi connectivity index (χ1) is 8.90. The number of hydrogen-bond acceptors (Lipinski definition) is 5. The van der Waals surface area contributed by atoms with Gasteiger partial charge in [-0.05, 0) is 6.92 Å². The quantitative estimate of drug-likeness (QED) is 0.853. The van der Waals surface area contributed by atoms with Crippen LogP contribution in [0.5, 0.6) is 0 Å². The lowest BCUT2D eigenvalue weighted by Crippen LogP contribution is -2.49. The van der Waals surface area contributed by atoms with Crippen molar-refractivity contribution in [2.75, 3.05) is 37.3 Å². The van der Waals surface area contributed by atoms with E-state index in [1.54, 1.807) is 4.90 Å². The molecule has 0 spiro atoms. The minimum Gasteiger partial charge on any atom is -0.383 e. The monoisotopic (exact) mass is 263 g/mol. The molecule has 0 unspecified atom stereocenters. The molecule has 0 aromatic carbocycles. The number of rotatable bonds is 2. The molecule has 1 amide bonds. The van der Waals surface area contributed by atoms with Crippen molar-refractivity contribution in [3.8, 4) is 0 Å². The molecule has 0 atom stereocenters. The average molecular weight is 263 g/mol. The van der Waals surface area contributed by atoms with Gasteiger partial charge in [-0.15, -0.1) is 0 Å². The summed E-state index contributed by atoms with van der Waals surface area (Å²) in [5.74, 6) is 2.33. The highest BCUT2D eigenvalue weighted by Crippen LogP contribution is 2.25. The molecule has 0 radical (unpaired) electrons. The molecule has 0 aliphatic carbocycles. The van der Waals surface area contributed by atoms with Gasteiger partial charge >= 0.3 is 0 Å². The number of nitrogens with two attached hydrogens (primary N) is 1. The number of nitrogens with zero attached hydrogens (tertiary/aromatic N) is 4. The molecular weight excluding hydrogens is 242 g/mol. The normalized spacial score (nSPS) is 16.4. The van der Waals surface area contributed by atoms with Crippen LogP contribution in [0.25, 0.3) is 0 Å². The first-order valence-corrected chi connectivity index (χ1v) is 6.53. The van der Waals surface area contributed by atoms with E-state index in [4.69, 9.17) is 5.73 Å². The number of likely N-dealkylation sites (N-methyl/N-ethyl adjacent to an activating group) is 1. The number of aromatic nitrogens is 2. The first-order valence-electron chi connectivity index (χ1n) is 6.53. The minimum absolute atomic E-state index is 0.105. The summed E-state index contributed by atoms with van der Waals surface area (Å²) in [4.78, 5) is 24.4. The molecule has 1 saturated heterocycles. The fourth-order valence-corrected chi connectivity index (χ4v) is 2.04. The average Bonchev–Trinajstić information content (AvgIpc) is 2.35. The Labute approximate surface area is 113 Å². The van der Waals surface area contributed by atoms with Gasteiger partial charge in [0.25, 0.3) is 0 Å². The second kappa shape index (κ2) is 5.03. The highest BCUT2D eigenvalue weighted by atomic mass is 16.2. The van der Waals surface area contributed by atoms with Crippen LogP contribution in [0, 0.1) is 6.92 Å². The second-order valence-corrected chi connectivity index (χ2v) is 5.31. The van der Waals surface area contributed by atoms with E-state index >= 15 is 0 Å². The van der Waals surface area contributed by atoms with Gasteiger partial charge in [-0.25, -0.2) is 9.97 Å². The van der Waals surface area contributed by atoms with E-state index in [0.717, 1.165) is 23.8 Å². The van der Waals surface area contributed by atoms with E-state index in [2.05, 4.69) is 9.97 Å². The Morgan fingerprint density at radius 3 is 2.53 bits per heavy atom. The van der Waals surface area contributed by atoms with Crippen molar-refractivity contribution in [2.45, 2.75) is 26.7 Å². The fourth-order valence-electron chi connectivity index (χ4n) is 2.04. The largest absolute Gasteiger partial charge is 0.383 e. The predicted molar refractivity (Wildman–Crippen MR) is 75.1 cm³/mol. The van der Waals surface area contributed by atoms with Crippen LogP contribution in [-0.4, -0.2) is 47.5 Å². The number of carbonyl (C=O) groups is 1. The van der Waals surface area contributed by atoms with Crippen molar-refractivity contribution in [3.05, 3.63) is 11.4 Å². The number of piperazine rings is 1. The van der Waals surface area contributed by atoms with E-state index in [-0.39, 0.29) is 11.8 Å². The number of carbonyl (C=O) groups excluding carboxylic acids is 1. The lowest BCUT2D eigenvalue weighted by Gasteiger charge is -2.33. The Bertz CT molecular complexity index is 500. The van der Waals surface area contributed by atoms with Gasteiger partial charge in [-0.2, -0.15) is 0 Å². The van der Waals surface area contributed by atoms with E-state index in [1.807, 2.05) is 32.7 Å². The summed E-state index contributed by atoms with van der Waals surface area (Å²) in [5, 5.41) is 0. The van der Waals surface area contributed by atoms with Crippen molar-refractivity contribution in [1.82, 2.24) is 14.9 Å². The van der Waals surface area contributed by atoms with E-state index in [1.165, 1.54) is 0 Å². The summed E-state index contributed by atoms with van der Waals surface area (Å²) in [6.07, 6.45) is 0. The zero-order chi connectivity index (χ0) is 14.2. The number of hydrogen-bond donors (Lipinski definition) is 1. The molecule has 2 rings (SSSR count). The first kappa shape index (κ1) is 13.6. The molecule has 1 aromatic heterocycles. The molecule has 6 nitrogen and oxygen atoms in total. The topological polar surface area (TPSA) is 75.3 Å². The van der Waals surface area contributed by atoms with Crippen LogP contribution in [0.4, 0.5) is 11.6 Å². The lowest BCUT2D eigenvalue weighted by atomic mass is 10.2. The molecule has 1 aliphatic rings. The van der Waals surface area contributed by atoms with Gasteiger partial charge < -0.3 is 15.5 Å². The summed E-state index contributed by atoms with van der Waals surface area (Å²) in [6, 6.07) is 0. The van der Waals surface area contributed by atoms with Crippen molar-refractivity contribution < 1.29 is 4.79 Å². The van der Waals surface area contributed by atoms with Gasteiger partial charge in [0.15, 0.2) is 0 Å². The summed E-state index contributed by atoms with van der Waals surface area (Å²) in [6.45, 7) is 7.80. The molecule has 2 N–H and O–H groups in total. The Hall–Kier alpha value is -1.85. The van der Waals surface area contributed by atoms with Crippen LogP contribution < -0.4 is 10.6 Å². The molecule has 2 heterocycles. The minimum atomic E-state index is 0.105. The Kier molecular flexibility index (Phi) is 3.59. The zero-order valence-electron chi connectivity index (χ0n) is 12.0. The SMILES string of the molecule is Cc1c(N)nc(C(C)C)nc1N1CCN(C)C(=O)C1. The van der Waals surface area contributed by atoms with Gasteiger partial charge in [0.05, 0.1) is 6.54 Å². The molecular formula is C13H21N5O. The van der Waals surface area contributed by atoms with E-state index < -0.39 is 0 Å². The van der Waals surface area contributed by atoms with Gasteiger partial charge in [-0.1, -0.05) is 13.8 Å². The van der Waals surface area contributed by atoms with Crippen molar-refractivity contribution in [2.24, 2.45) is 0 Å². The Balaban J connectivity index is 2.36. The fraction of sp³-hybridized carbons (Fsp3) is 0.615. The van der Waals surface area contributed by atoms with Gasteiger partial charge in [-0.3, -0.25) is 4.79 Å². The van der Waals surface area contributed by atoms with Crippen LogP contribution >= 0.6 is 0 Å². The zero-order valence-corrected chi connectivity index (χ0v) is 12.0. The molecule has 6 heteroatoms. The van der Waals surface area contributed by atoms with Gasteiger partial charge in [0.2, 0.25) is 5.91 Å². The molecule has 104 valence electrons. The molecule has 1 fully saturated rings. The number of amides is 1. The van der Waals surface area contributed by atoms with Crippen LogP contribution in [0.15, 0.2) is 0 Å². The predicted octanol–water partition coefficient (Wildman–Crippen LogP) is 0.769. The Morgan fingerprint density at radius 1 is 1.26 bits per heavy atom. The maximum absolute atomic E-state index is 11.8. The van der Waals surface area contributed by atoms with Gasteiger partial charge in [0.1, 0.15) is 17.5 Å². The number of nitrogen functional groups attached to an aromatic ring is 1. The molecule has 1 aromatic rings. The molecule has 19 heavy (non-hydrogen) atoms. The van der Waals surface area contributed by atoms with Gasteiger partial charge in [0, 0.05) is 31.6 Å². The van der Waals surface area contributed by atoms with Crippen LogP contribution in [0.1, 0.15) is 31.2 Å². The maximum atomic E-state index is 11.8. The van der Waals surface area contributed by atoms with Crippen LogP contribution in [0.3, 0.4) is 0 Å². The summed E-state index contributed by atoms with van der Waals surface area (Å²) >= 11 is 0. The third-order valence-electron chi connectivity index (χ3n) is 3.45. The summed E-state index contributed by atoms with van der Waals surface area (Å²) in [5.41, 5.74) is 6.80. The number of anilines is 2. The highest BCUT2D eigenvalue weighted by molar-refractivity contribution is 5.82. The third-order valence-corrected chi connectivity index (χ3v) is 3.45. The van der Waals surface area contributed by atoms with Crippen molar-refractivity contribution in [1.29, 1.82) is 0 Å². The third kappa shape index (κ3) is 2.62. The Morgan fingerprint density at radius 2 is 1.95 bits per heavy atom.